The molecule has 0 atom stereocenters. The fraction of sp³-hybridized carbons (Fsp3) is 0.167. The Morgan fingerprint density at radius 3 is 2.75 bits per heavy atom. The highest BCUT2D eigenvalue weighted by Gasteiger charge is 2.02. The Hall–Kier alpha value is -1.97. The second-order valence-corrected chi connectivity index (χ2v) is 3.21. The number of rotatable bonds is 3. The number of halogens is 1. The molecule has 1 aromatic rings. The third kappa shape index (κ3) is 3.31. The van der Waals surface area contributed by atoms with Crippen molar-refractivity contribution in [2.24, 2.45) is 4.99 Å². The van der Waals surface area contributed by atoms with E-state index >= 15 is 0 Å². The highest BCUT2D eigenvalue weighted by molar-refractivity contribution is 5.71. The zero-order valence-corrected chi connectivity index (χ0v) is 9.16. The van der Waals surface area contributed by atoms with E-state index in [4.69, 9.17) is 4.74 Å². The molecular formula is C12H12FNO2. The monoisotopic (exact) mass is 221 g/mol. The largest absolute Gasteiger partial charge is 0.432 e. The second kappa shape index (κ2) is 5.21. The van der Waals surface area contributed by atoms with Crippen molar-refractivity contribution >= 4 is 24.5 Å². The van der Waals surface area contributed by atoms with Gasteiger partial charge in [-0.3, -0.25) is 9.79 Å². The van der Waals surface area contributed by atoms with Crippen LogP contribution in [0.3, 0.4) is 0 Å². The van der Waals surface area contributed by atoms with E-state index in [-0.39, 0.29) is 5.82 Å². The van der Waals surface area contributed by atoms with E-state index < -0.39 is 5.97 Å². The van der Waals surface area contributed by atoms with Gasteiger partial charge in [0.1, 0.15) is 11.6 Å². The first-order valence-corrected chi connectivity index (χ1v) is 4.66. The summed E-state index contributed by atoms with van der Waals surface area (Å²) in [6.45, 7) is 6.29. The molecule has 84 valence electrons. The molecule has 0 aliphatic heterocycles. The summed E-state index contributed by atoms with van der Waals surface area (Å²) < 4.78 is 17.8. The van der Waals surface area contributed by atoms with Gasteiger partial charge in [-0.15, -0.1) is 0 Å². The molecule has 1 rings (SSSR count). The lowest BCUT2D eigenvalue weighted by Gasteiger charge is -2.03. The van der Waals surface area contributed by atoms with Gasteiger partial charge in [-0.05, 0) is 37.9 Å². The van der Waals surface area contributed by atoms with Gasteiger partial charge in [0, 0.05) is 12.5 Å². The van der Waals surface area contributed by atoms with Gasteiger partial charge in [-0.1, -0.05) is 0 Å². The minimum atomic E-state index is -0.418. The number of hydrogen-bond donors (Lipinski definition) is 0. The zero-order chi connectivity index (χ0) is 12.1. The van der Waals surface area contributed by atoms with E-state index in [9.17, 15) is 9.18 Å². The Kier molecular flexibility index (Phi) is 3.94. The van der Waals surface area contributed by atoms with E-state index in [1.54, 1.807) is 6.92 Å². The minimum absolute atomic E-state index is 0.378. The van der Waals surface area contributed by atoms with Crippen LogP contribution in [0.15, 0.2) is 29.0 Å². The first-order chi connectivity index (χ1) is 7.52. The molecule has 0 saturated heterocycles. The summed E-state index contributed by atoms with van der Waals surface area (Å²) in [5.41, 5.74) is 1.06. The van der Waals surface area contributed by atoms with Gasteiger partial charge in [-0.25, -0.2) is 4.39 Å². The quantitative estimate of drug-likeness (QED) is 0.447. The molecule has 3 nitrogen and oxygen atoms in total. The molecule has 0 fully saturated rings. The fourth-order valence-corrected chi connectivity index (χ4v) is 1.26. The van der Waals surface area contributed by atoms with E-state index in [2.05, 4.69) is 11.7 Å². The van der Waals surface area contributed by atoms with E-state index in [1.165, 1.54) is 31.2 Å². The first kappa shape index (κ1) is 12.1. The van der Waals surface area contributed by atoms with Crippen molar-refractivity contribution in [3.05, 3.63) is 35.3 Å². The van der Waals surface area contributed by atoms with Crippen molar-refractivity contribution in [1.82, 2.24) is 0 Å². The molecule has 16 heavy (non-hydrogen) atoms. The summed E-state index contributed by atoms with van der Waals surface area (Å²) in [7, 11) is 0. The van der Waals surface area contributed by atoms with Crippen LogP contribution in [0, 0.1) is 5.82 Å². The van der Waals surface area contributed by atoms with E-state index in [0.29, 0.717) is 17.0 Å². The number of ether oxygens (including phenoxy) is 1. The summed E-state index contributed by atoms with van der Waals surface area (Å²) in [5.74, 6) is -0.421. The molecule has 0 bridgehead atoms. The van der Waals surface area contributed by atoms with Crippen LogP contribution >= 0.6 is 0 Å². The van der Waals surface area contributed by atoms with Gasteiger partial charge < -0.3 is 4.74 Å². The topological polar surface area (TPSA) is 38.7 Å². The minimum Gasteiger partial charge on any atom is -0.432 e. The Morgan fingerprint density at radius 2 is 2.19 bits per heavy atom. The lowest BCUT2D eigenvalue weighted by molar-refractivity contribution is -0.136. The van der Waals surface area contributed by atoms with Crippen LogP contribution in [0.5, 0.6) is 0 Å². The number of benzene rings is 1. The van der Waals surface area contributed by atoms with Crippen molar-refractivity contribution < 1.29 is 13.9 Å². The average Bonchev–Trinajstić information content (AvgIpc) is 2.16. The van der Waals surface area contributed by atoms with Crippen LogP contribution < -0.4 is 0 Å². The van der Waals surface area contributed by atoms with Gasteiger partial charge in [0.2, 0.25) is 0 Å². The van der Waals surface area contributed by atoms with Crippen molar-refractivity contribution in [2.75, 3.05) is 0 Å². The third-order valence-corrected chi connectivity index (χ3v) is 1.82. The summed E-state index contributed by atoms with van der Waals surface area (Å²) in [6.07, 6.45) is 1.54. The number of carbonyl (C=O) groups is 1. The molecule has 1 aromatic carbocycles. The van der Waals surface area contributed by atoms with Gasteiger partial charge in [0.15, 0.2) is 0 Å². The number of esters is 1. The smallest absolute Gasteiger partial charge is 0.307 e. The molecule has 0 aromatic heterocycles. The summed E-state index contributed by atoms with van der Waals surface area (Å²) >= 11 is 0. The van der Waals surface area contributed by atoms with Gasteiger partial charge >= 0.3 is 5.97 Å². The first-order valence-electron chi connectivity index (χ1n) is 4.66. The third-order valence-electron chi connectivity index (χ3n) is 1.82. The van der Waals surface area contributed by atoms with Crippen LogP contribution in [0.1, 0.15) is 19.4 Å². The zero-order valence-electron chi connectivity index (χ0n) is 9.16. The van der Waals surface area contributed by atoms with Crippen LogP contribution in [0.2, 0.25) is 0 Å². The van der Waals surface area contributed by atoms with Crippen LogP contribution in [-0.4, -0.2) is 12.7 Å². The lowest BCUT2D eigenvalue weighted by Crippen LogP contribution is -1.95. The maximum absolute atomic E-state index is 13.0. The average molecular weight is 221 g/mol. The Labute approximate surface area is 93.3 Å². The molecule has 0 radical (unpaired) electrons. The highest BCUT2D eigenvalue weighted by atomic mass is 19.1. The Balaban J connectivity index is 3.07. The maximum atomic E-state index is 13.0. The van der Waals surface area contributed by atoms with Crippen molar-refractivity contribution in [3.8, 4) is 0 Å². The van der Waals surface area contributed by atoms with E-state index in [1.807, 2.05) is 0 Å². The number of hydrogen-bond acceptors (Lipinski definition) is 3. The molecule has 0 aliphatic carbocycles. The van der Waals surface area contributed by atoms with Crippen LogP contribution in [0.4, 0.5) is 10.1 Å². The standard InChI is InChI=1S/C12H12FNO2/c1-8(16-9(2)15)6-10-7-11(13)4-5-12(10)14-3/h4-7H,3H2,1-2H3/b8-6+. The van der Waals surface area contributed by atoms with Crippen LogP contribution in [0.25, 0.3) is 6.08 Å². The maximum Gasteiger partial charge on any atom is 0.307 e. The van der Waals surface area contributed by atoms with Crippen molar-refractivity contribution in [2.45, 2.75) is 13.8 Å². The second-order valence-electron chi connectivity index (χ2n) is 3.21. The predicted octanol–water partition coefficient (Wildman–Crippen LogP) is 3.08. The Bertz CT molecular complexity index is 452. The summed E-state index contributed by atoms with van der Waals surface area (Å²) in [4.78, 5) is 14.4. The molecule has 0 N–H and O–H groups in total. The molecule has 0 saturated carbocycles. The predicted molar refractivity (Wildman–Crippen MR) is 61.0 cm³/mol. The number of nitrogens with zero attached hydrogens (tertiary/aromatic N) is 1. The number of carbonyl (C=O) groups excluding carboxylic acids is 1. The van der Waals surface area contributed by atoms with Gasteiger partial charge in [-0.2, -0.15) is 0 Å². The van der Waals surface area contributed by atoms with Gasteiger partial charge in [0.25, 0.3) is 0 Å². The molecular weight excluding hydrogens is 209 g/mol. The molecule has 4 heteroatoms. The summed E-state index contributed by atoms with van der Waals surface area (Å²) in [6, 6.07) is 4.11. The Morgan fingerprint density at radius 1 is 1.50 bits per heavy atom. The molecule has 0 heterocycles. The van der Waals surface area contributed by atoms with Crippen LogP contribution in [-0.2, 0) is 9.53 Å². The normalized spacial score (nSPS) is 11.1. The molecule has 0 aliphatic rings. The molecule has 0 amide bonds. The van der Waals surface area contributed by atoms with Crippen molar-refractivity contribution in [1.29, 1.82) is 0 Å². The fourth-order valence-electron chi connectivity index (χ4n) is 1.26. The highest BCUT2D eigenvalue weighted by Crippen LogP contribution is 2.22. The summed E-state index contributed by atoms with van der Waals surface area (Å²) in [5, 5.41) is 0. The van der Waals surface area contributed by atoms with Gasteiger partial charge in [0.05, 0.1) is 5.69 Å². The van der Waals surface area contributed by atoms with Crippen molar-refractivity contribution in [3.63, 3.8) is 0 Å². The van der Waals surface area contributed by atoms with E-state index in [0.717, 1.165) is 0 Å². The lowest BCUT2D eigenvalue weighted by atomic mass is 10.1. The number of aliphatic imine (C=N–C) groups is 1. The molecule has 0 unspecified atom stereocenters. The SMILES string of the molecule is C=Nc1ccc(F)cc1/C=C(\C)OC(C)=O. The number of allylic oxidation sites excluding steroid dienone is 1. The molecule has 0 spiro atoms.